The molecule has 1 aliphatic heterocycles. The largest absolute Gasteiger partial charge is 0.457 e. The Morgan fingerprint density at radius 1 is 1.10 bits per heavy atom. The Morgan fingerprint density at radius 2 is 1.84 bits per heavy atom. The van der Waals surface area contributed by atoms with E-state index in [1.807, 2.05) is 36.4 Å². The van der Waals surface area contributed by atoms with Crippen LogP contribution in [0.1, 0.15) is 22.5 Å². The van der Waals surface area contributed by atoms with E-state index in [0.717, 1.165) is 22.9 Å². The SMILES string of the molecule is Cc1cc(-c2ccc(/C=C3\SC(=O)N(Cc4ccccc4)C3=O)o2)cc([N+](=O)[O-])c1C. The summed E-state index contributed by atoms with van der Waals surface area (Å²) in [4.78, 5) is 37.4. The molecule has 0 N–H and O–H groups in total. The first-order valence-electron chi connectivity index (χ1n) is 9.48. The first kappa shape index (κ1) is 20.6. The van der Waals surface area contributed by atoms with Crippen molar-refractivity contribution in [3.05, 3.63) is 92.1 Å². The van der Waals surface area contributed by atoms with Gasteiger partial charge in [0.25, 0.3) is 16.8 Å². The zero-order valence-electron chi connectivity index (χ0n) is 16.8. The molecule has 0 unspecified atom stereocenters. The summed E-state index contributed by atoms with van der Waals surface area (Å²) in [5.41, 5.74) is 2.85. The third-order valence-corrected chi connectivity index (χ3v) is 5.99. The third kappa shape index (κ3) is 4.15. The van der Waals surface area contributed by atoms with Crippen LogP contribution in [-0.2, 0) is 11.3 Å². The normalized spacial score (nSPS) is 15.2. The molecule has 1 aromatic heterocycles. The van der Waals surface area contributed by atoms with Crippen LogP contribution in [0.3, 0.4) is 0 Å². The van der Waals surface area contributed by atoms with Crippen LogP contribution in [0.25, 0.3) is 17.4 Å². The van der Waals surface area contributed by atoms with Crippen LogP contribution in [0.4, 0.5) is 10.5 Å². The molecule has 0 atom stereocenters. The van der Waals surface area contributed by atoms with Crippen molar-refractivity contribution in [2.75, 3.05) is 0 Å². The molecule has 2 amide bonds. The molecule has 1 saturated heterocycles. The van der Waals surface area contributed by atoms with Gasteiger partial charge in [-0.3, -0.25) is 24.6 Å². The van der Waals surface area contributed by atoms with E-state index >= 15 is 0 Å². The van der Waals surface area contributed by atoms with Gasteiger partial charge in [0.2, 0.25) is 0 Å². The highest BCUT2D eigenvalue weighted by atomic mass is 32.2. The summed E-state index contributed by atoms with van der Waals surface area (Å²) in [7, 11) is 0. The summed E-state index contributed by atoms with van der Waals surface area (Å²) in [5, 5.41) is 11.0. The van der Waals surface area contributed by atoms with E-state index in [-0.39, 0.29) is 28.3 Å². The molecule has 31 heavy (non-hydrogen) atoms. The molecule has 0 saturated carbocycles. The zero-order valence-corrected chi connectivity index (χ0v) is 17.6. The number of hydrogen-bond donors (Lipinski definition) is 0. The molecule has 3 aromatic rings. The fourth-order valence-corrected chi connectivity index (χ4v) is 4.11. The lowest BCUT2D eigenvalue weighted by Crippen LogP contribution is -2.27. The van der Waals surface area contributed by atoms with Gasteiger partial charge < -0.3 is 4.42 Å². The summed E-state index contributed by atoms with van der Waals surface area (Å²) < 4.78 is 5.80. The Morgan fingerprint density at radius 3 is 2.55 bits per heavy atom. The van der Waals surface area contributed by atoms with Crippen molar-refractivity contribution < 1.29 is 18.9 Å². The maximum Gasteiger partial charge on any atom is 0.293 e. The molecule has 4 rings (SSSR count). The number of aryl methyl sites for hydroxylation is 1. The number of thioether (sulfide) groups is 1. The molecule has 2 aromatic carbocycles. The quantitative estimate of drug-likeness (QED) is 0.290. The van der Waals surface area contributed by atoms with Crippen LogP contribution in [-0.4, -0.2) is 21.0 Å². The van der Waals surface area contributed by atoms with Crippen LogP contribution in [0.2, 0.25) is 0 Å². The standard InChI is InChI=1S/C23H18N2O5S/c1-14-10-17(11-19(15(14)2)25(28)29)20-9-8-18(30-20)12-21-22(26)24(23(27)31-21)13-16-6-4-3-5-7-16/h3-12H,13H2,1-2H3/b21-12-. The maximum atomic E-state index is 12.7. The fraction of sp³-hybridized carbons (Fsp3) is 0.130. The average molecular weight is 434 g/mol. The second-order valence-corrected chi connectivity index (χ2v) is 8.14. The van der Waals surface area contributed by atoms with Crippen molar-refractivity contribution in [2.24, 2.45) is 0 Å². The van der Waals surface area contributed by atoms with Crippen LogP contribution in [0.5, 0.6) is 0 Å². The Balaban J connectivity index is 1.58. The first-order chi connectivity index (χ1) is 14.8. The predicted octanol–water partition coefficient (Wildman–Crippen LogP) is 5.71. The molecule has 7 nitrogen and oxygen atoms in total. The van der Waals surface area contributed by atoms with Gasteiger partial charge in [0.15, 0.2) is 0 Å². The van der Waals surface area contributed by atoms with Gasteiger partial charge in [0, 0.05) is 23.3 Å². The lowest BCUT2D eigenvalue weighted by atomic mass is 10.0. The molecule has 156 valence electrons. The van der Waals surface area contributed by atoms with E-state index < -0.39 is 4.92 Å². The molecule has 0 spiro atoms. The topological polar surface area (TPSA) is 93.7 Å². The second-order valence-electron chi connectivity index (χ2n) is 7.15. The Hall–Kier alpha value is -3.65. The molecule has 1 fully saturated rings. The van der Waals surface area contributed by atoms with Crippen molar-refractivity contribution in [3.8, 4) is 11.3 Å². The predicted molar refractivity (Wildman–Crippen MR) is 118 cm³/mol. The van der Waals surface area contributed by atoms with Gasteiger partial charge in [-0.25, -0.2) is 0 Å². The molecule has 0 bridgehead atoms. The summed E-state index contributed by atoms with van der Waals surface area (Å²) in [6.45, 7) is 3.72. The van der Waals surface area contributed by atoms with Crippen molar-refractivity contribution in [2.45, 2.75) is 20.4 Å². The average Bonchev–Trinajstić information content (AvgIpc) is 3.31. The lowest BCUT2D eigenvalue weighted by Gasteiger charge is -2.11. The monoisotopic (exact) mass is 434 g/mol. The van der Waals surface area contributed by atoms with Crippen LogP contribution >= 0.6 is 11.8 Å². The van der Waals surface area contributed by atoms with Crippen LogP contribution in [0.15, 0.2) is 63.9 Å². The van der Waals surface area contributed by atoms with Crippen molar-refractivity contribution in [1.29, 1.82) is 0 Å². The van der Waals surface area contributed by atoms with Crippen molar-refractivity contribution in [3.63, 3.8) is 0 Å². The lowest BCUT2D eigenvalue weighted by molar-refractivity contribution is -0.385. The minimum atomic E-state index is -0.418. The number of amides is 2. The van der Waals surface area contributed by atoms with E-state index in [0.29, 0.717) is 22.6 Å². The summed E-state index contributed by atoms with van der Waals surface area (Å²) in [6, 6.07) is 15.9. The van der Waals surface area contributed by atoms with Gasteiger partial charge in [-0.2, -0.15) is 0 Å². The smallest absolute Gasteiger partial charge is 0.293 e. The van der Waals surface area contributed by atoms with Gasteiger partial charge in [0.1, 0.15) is 11.5 Å². The third-order valence-electron chi connectivity index (χ3n) is 5.08. The van der Waals surface area contributed by atoms with Crippen LogP contribution < -0.4 is 0 Å². The molecular formula is C23H18N2O5S. The number of rotatable bonds is 5. The van der Waals surface area contributed by atoms with E-state index in [4.69, 9.17) is 4.42 Å². The molecule has 8 heteroatoms. The van der Waals surface area contributed by atoms with Crippen LogP contribution in [0, 0.1) is 24.0 Å². The van der Waals surface area contributed by atoms with E-state index in [2.05, 4.69) is 0 Å². The minimum absolute atomic E-state index is 0.0231. The number of benzene rings is 2. The minimum Gasteiger partial charge on any atom is -0.457 e. The molecule has 0 aliphatic carbocycles. The number of nitro groups is 1. The summed E-state index contributed by atoms with van der Waals surface area (Å²) >= 11 is 0.861. The Labute approximate surface area is 182 Å². The van der Waals surface area contributed by atoms with Gasteiger partial charge in [-0.15, -0.1) is 0 Å². The number of nitro benzene ring substituents is 1. The van der Waals surface area contributed by atoms with Gasteiger partial charge >= 0.3 is 0 Å². The van der Waals surface area contributed by atoms with Crippen molar-refractivity contribution >= 4 is 34.7 Å². The Bertz CT molecular complexity index is 1230. The summed E-state index contributed by atoms with van der Waals surface area (Å²) in [6.07, 6.45) is 1.52. The molecule has 1 aliphatic rings. The maximum absolute atomic E-state index is 12.7. The Kier molecular flexibility index (Phi) is 5.48. The van der Waals surface area contributed by atoms with E-state index in [1.54, 1.807) is 26.0 Å². The first-order valence-corrected chi connectivity index (χ1v) is 10.3. The van der Waals surface area contributed by atoms with Gasteiger partial charge in [-0.05, 0) is 54.9 Å². The molecule has 0 radical (unpaired) electrons. The molecule has 2 heterocycles. The fourth-order valence-electron chi connectivity index (χ4n) is 3.29. The van der Waals surface area contributed by atoms with E-state index in [1.165, 1.54) is 17.0 Å². The van der Waals surface area contributed by atoms with Gasteiger partial charge in [-0.1, -0.05) is 30.3 Å². The summed E-state index contributed by atoms with van der Waals surface area (Å²) in [5.74, 6) is 0.459. The number of imide groups is 1. The highest BCUT2D eigenvalue weighted by Crippen LogP contribution is 2.35. The number of carbonyl (C=O) groups is 2. The second kappa shape index (κ2) is 8.23. The number of carbonyl (C=O) groups excluding carboxylic acids is 2. The van der Waals surface area contributed by atoms with Gasteiger partial charge in [0.05, 0.1) is 16.4 Å². The number of nitrogens with zero attached hydrogens (tertiary/aromatic N) is 2. The highest BCUT2D eigenvalue weighted by molar-refractivity contribution is 8.18. The van der Waals surface area contributed by atoms with E-state index in [9.17, 15) is 19.7 Å². The number of hydrogen-bond acceptors (Lipinski definition) is 6. The highest BCUT2D eigenvalue weighted by Gasteiger charge is 2.35. The zero-order chi connectivity index (χ0) is 22.1. The number of furan rings is 1. The molecular weight excluding hydrogens is 416 g/mol. The van der Waals surface area contributed by atoms with Crippen molar-refractivity contribution in [1.82, 2.24) is 4.90 Å².